The van der Waals surface area contributed by atoms with Crippen LogP contribution in [0.2, 0.25) is 0 Å². The van der Waals surface area contributed by atoms with Gasteiger partial charge in [0, 0.05) is 42.1 Å². The summed E-state index contributed by atoms with van der Waals surface area (Å²) in [6.07, 6.45) is 7.64. The minimum atomic E-state index is 0.857. The fourth-order valence-electron chi connectivity index (χ4n) is 5.88. The number of anilines is 1. The van der Waals surface area contributed by atoms with Gasteiger partial charge < -0.3 is 9.80 Å². The Bertz CT molecular complexity index is 1160. The first-order valence-corrected chi connectivity index (χ1v) is 12.8. The molecule has 0 spiro atoms. The Morgan fingerprint density at radius 2 is 1.64 bits per heavy atom. The van der Waals surface area contributed by atoms with E-state index in [1.54, 1.807) is 5.56 Å². The van der Waals surface area contributed by atoms with E-state index in [1.165, 1.54) is 83.4 Å². The topological polar surface area (TPSA) is 24.3 Å². The van der Waals surface area contributed by atoms with Crippen molar-refractivity contribution in [1.82, 2.24) is 14.5 Å². The highest BCUT2D eigenvalue weighted by molar-refractivity contribution is 5.96. The average molecular weight is 445 g/mol. The van der Waals surface area contributed by atoms with E-state index >= 15 is 0 Å². The van der Waals surface area contributed by atoms with Crippen molar-refractivity contribution in [3.63, 3.8) is 0 Å². The van der Waals surface area contributed by atoms with Gasteiger partial charge >= 0.3 is 0 Å². The number of pyridine rings is 1. The standard InChI is InChI=1S/C29H40N4/c1-19-15-20(2)28(21(3)16-19)33-25-10-8-7-9-24(25)27-26(17-22(4)30-29(27)33)32(14-13-31(5)6)18-23-11-12-23/h15-17,23H,7-14,18H2,1-6H3. The lowest BCUT2D eigenvalue weighted by atomic mass is 9.94. The predicted octanol–water partition coefficient (Wildman–Crippen LogP) is 5.92. The van der Waals surface area contributed by atoms with Crippen LogP contribution in [0.1, 0.15) is 59.3 Å². The first-order valence-electron chi connectivity index (χ1n) is 12.8. The van der Waals surface area contributed by atoms with Crippen molar-refractivity contribution >= 4 is 16.7 Å². The van der Waals surface area contributed by atoms with Crippen molar-refractivity contribution in [3.05, 3.63) is 51.8 Å². The van der Waals surface area contributed by atoms with Gasteiger partial charge in [-0.1, -0.05) is 17.7 Å². The molecule has 0 aliphatic heterocycles. The van der Waals surface area contributed by atoms with E-state index in [-0.39, 0.29) is 0 Å². The van der Waals surface area contributed by atoms with Crippen molar-refractivity contribution in [2.24, 2.45) is 5.92 Å². The molecule has 2 heterocycles. The molecule has 0 atom stereocenters. The van der Waals surface area contributed by atoms with Gasteiger partial charge in [0.25, 0.3) is 0 Å². The van der Waals surface area contributed by atoms with Crippen molar-refractivity contribution in [3.8, 4) is 5.69 Å². The summed E-state index contributed by atoms with van der Waals surface area (Å²) >= 11 is 0. The Kier molecular flexibility index (Phi) is 5.98. The Morgan fingerprint density at radius 3 is 2.30 bits per heavy atom. The molecule has 2 aliphatic rings. The second kappa shape index (κ2) is 8.79. The highest BCUT2D eigenvalue weighted by Crippen LogP contribution is 2.42. The molecule has 0 bridgehead atoms. The number of aromatic nitrogens is 2. The monoisotopic (exact) mass is 444 g/mol. The molecule has 0 radical (unpaired) electrons. The minimum Gasteiger partial charge on any atom is -0.369 e. The maximum atomic E-state index is 5.22. The number of aryl methyl sites for hydroxylation is 5. The lowest BCUT2D eigenvalue weighted by molar-refractivity contribution is 0.412. The summed E-state index contributed by atoms with van der Waals surface area (Å²) in [5.41, 5.74) is 12.2. The molecule has 4 heteroatoms. The van der Waals surface area contributed by atoms with Gasteiger partial charge in [-0.05, 0) is 109 Å². The van der Waals surface area contributed by atoms with Crippen LogP contribution in [0.5, 0.6) is 0 Å². The number of hydrogen-bond acceptors (Lipinski definition) is 3. The Morgan fingerprint density at radius 1 is 0.939 bits per heavy atom. The highest BCUT2D eigenvalue weighted by Gasteiger charge is 2.30. The molecule has 33 heavy (non-hydrogen) atoms. The molecule has 0 unspecified atom stereocenters. The van der Waals surface area contributed by atoms with Gasteiger partial charge in [-0.2, -0.15) is 0 Å². The number of hydrogen-bond donors (Lipinski definition) is 0. The van der Waals surface area contributed by atoms with Gasteiger partial charge in [0.15, 0.2) is 0 Å². The first-order chi connectivity index (χ1) is 15.8. The van der Waals surface area contributed by atoms with Gasteiger partial charge in [-0.25, -0.2) is 4.98 Å². The summed E-state index contributed by atoms with van der Waals surface area (Å²) in [7, 11) is 4.37. The first kappa shape index (κ1) is 22.5. The molecule has 3 aromatic rings. The van der Waals surface area contributed by atoms with Crippen LogP contribution in [0.15, 0.2) is 18.2 Å². The van der Waals surface area contributed by atoms with E-state index in [4.69, 9.17) is 4.98 Å². The summed E-state index contributed by atoms with van der Waals surface area (Å²) in [5, 5.41) is 1.43. The fourth-order valence-corrected chi connectivity index (χ4v) is 5.88. The summed E-state index contributed by atoms with van der Waals surface area (Å²) in [5.74, 6) is 0.857. The van der Waals surface area contributed by atoms with Crippen molar-refractivity contribution in [2.45, 2.75) is 66.2 Å². The van der Waals surface area contributed by atoms with Crippen LogP contribution in [0, 0.1) is 33.6 Å². The van der Waals surface area contributed by atoms with Gasteiger partial charge in [-0.15, -0.1) is 0 Å². The quantitative estimate of drug-likeness (QED) is 0.452. The summed E-state index contributed by atoms with van der Waals surface area (Å²) in [4.78, 5) is 10.2. The largest absolute Gasteiger partial charge is 0.369 e. The Hall–Kier alpha value is -2.33. The highest BCUT2D eigenvalue weighted by atomic mass is 15.2. The van der Waals surface area contributed by atoms with E-state index in [2.05, 4.69) is 74.4 Å². The zero-order valence-electron chi connectivity index (χ0n) is 21.5. The van der Waals surface area contributed by atoms with Gasteiger partial charge in [-0.3, -0.25) is 4.57 Å². The number of fused-ring (bicyclic) bond motifs is 3. The van der Waals surface area contributed by atoms with Crippen LogP contribution in [0.4, 0.5) is 5.69 Å². The molecular weight excluding hydrogens is 404 g/mol. The summed E-state index contributed by atoms with van der Waals surface area (Å²) in [6.45, 7) is 12.2. The van der Waals surface area contributed by atoms with Crippen LogP contribution in [-0.2, 0) is 12.8 Å². The summed E-state index contributed by atoms with van der Waals surface area (Å²) < 4.78 is 2.55. The maximum Gasteiger partial charge on any atom is 0.147 e. The average Bonchev–Trinajstić information content (AvgIpc) is 3.52. The molecule has 4 nitrogen and oxygen atoms in total. The molecule has 1 aromatic carbocycles. The van der Waals surface area contributed by atoms with Crippen LogP contribution < -0.4 is 4.90 Å². The zero-order chi connectivity index (χ0) is 23.3. The van der Waals surface area contributed by atoms with Crippen LogP contribution in [-0.4, -0.2) is 48.2 Å². The summed E-state index contributed by atoms with van der Waals surface area (Å²) in [6, 6.07) is 7.03. The fraction of sp³-hybridized carbons (Fsp3) is 0.552. The lowest BCUT2D eigenvalue weighted by Crippen LogP contribution is -2.33. The van der Waals surface area contributed by atoms with E-state index < -0.39 is 0 Å². The van der Waals surface area contributed by atoms with E-state index in [9.17, 15) is 0 Å². The second-order valence-corrected chi connectivity index (χ2v) is 10.9. The molecule has 176 valence electrons. The lowest BCUT2D eigenvalue weighted by Gasteiger charge is -2.28. The third kappa shape index (κ3) is 4.30. The van der Waals surface area contributed by atoms with E-state index in [1.807, 2.05) is 0 Å². The molecule has 2 aromatic heterocycles. The number of rotatable bonds is 7. The third-order valence-corrected chi connectivity index (χ3v) is 7.52. The molecular formula is C29H40N4. The van der Waals surface area contributed by atoms with Gasteiger partial charge in [0.2, 0.25) is 0 Å². The smallest absolute Gasteiger partial charge is 0.147 e. The number of likely N-dealkylation sites (N-methyl/N-ethyl adjacent to an activating group) is 1. The Balaban J connectivity index is 1.76. The van der Waals surface area contributed by atoms with Crippen LogP contribution in [0.25, 0.3) is 16.7 Å². The maximum absolute atomic E-state index is 5.22. The van der Waals surface area contributed by atoms with Gasteiger partial charge in [0.1, 0.15) is 5.65 Å². The molecule has 0 saturated heterocycles. The van der Waals surface area contributed by atoms with Crippen molar-refractivity contribution in [1.29, 1.82) is 0 Å². The molecule has 0 N–H and O–H groups in total. The molecule has 2 aliphatic carbocycles. The number of nitrogens with zero attached hydrogens (tertiary/aromatic N) is 4. The Labute approximate surface area is 199 Å². The van der Waals surface area contributed by atoms with Crippen LogP contribution in [0.3, 0.4) is 0 Å². The van der Waals surface area contributed by atoms with E-state index in [0.717, 1.165) is 31.1 Å². The van der Waals surface area contributed by atoms with E-state index in [0.29, 0.717) is 0 Å². The zero-order valence-corrected chi connectivity index (χ0v) is 21.5. The van der Waals surface area contributed by atoms with Crippen molar-refractivity contribution in [2.75, 3.05) is 38.6 Å². The molecule has 1 fully saturated rings. The third-order valence-electron chi connectivity index (χ3n) is 7.52. The van der Waals surface area contributed by atoms with Gasteiger partial charge in [0.05, 0.1) is 5.69 Å². The second-order valence-electron chi connectivity index (χ2n) is 10.9. The van der Waals surface area contributed by atoms with Crippen molar-refractivity contribution < 1.29 is 0 Å². The normalized spacial score (nSPS) is 16.0. The molecule has 0 amide bonds. The molecule has 1 saturated carbocycles. The SMILES string of the molecule is Cc1cc(C)c(-n2c3c(c4c(N(CCN(C)C)CC5CC5)cc(C)nc42)CCCC3)c(C)c1. The molecule has 5 rings (SSSR count). The minimum absolute atomic E-state index is 0.857. The van der Waals surface area contributed by atoms with Crippen LogP contribution >= 0.6 is 0 Å². The predicted molar refractivity (Wildman–Crippen MR) is 140 cm³/mol. The number of benzene rings is 1.